The monoisotopic (exact) mass is 309 g/mol. The van der Waals surface area contributed by atoms with Crippen LogP contribution in [0, 0.1) is 0 Å². The highest BCUT2D eigenvalue weighted by atomic mass is 32.1. The van der Waals surface area contributed by atoms with Gasteiger partial charge in [0.05, 0.1) is 0 Å². The fourth-order valence-corrected chi connectivity index (χ4v) is 3.53. The maximum absolute atomic E-state index is 12.4. The van der Waals surface area contributed by atoms with Crippen LogP contribution in [-0.2, 0) is 6.54 Å². The molecule has 1 aromatic rings. The first-order chi connectivity index (χ1) is 10.2. The molecule has 7 nitrogen and oxygen atoms in total. The summed E-state index contributed by atoms with van der Waals surface area (Å²) in [5.41, 5.74) is 6.01. The molecule has 3 amide bonds. The molecular weight excluding hydrogens is 290 g/mol. The molecule has 114 valence electrons. The van der Waals surface area contributed by atoms with E-state index in [4.69, 9.17) is 5.73 Å². The molecule has 0 bridgehead atoms. The maximum atomic E-state index is 12.4. The standard InChI is InChI=1S/C13H19N5O2S/c14-7-11-16-10(8-21-11)12(19)17-4-1-9(2-5-17)18-6-3-15-13(18)20/h8-9H,1-7,14H2,(H,15,20). The van der Waals surface area contributed by atoms with Crippen molar-refractivity contribution in [3.05, 3.63) is 16.1 Å². The van der Waals surface area contributed by atoms with E-state index >= 15 is 0 Å². The summed E-state index contributed by atoms with van der Waals surface area (Å²) < 4.78 is 0. The second-order valence-electron chi connectivity index (χ2n) is 5.28. The lowest BCUT2D eigenvalue weighted by Crippen LogP contribution is -2.47. The van der Waals surface area contributed by atoms with Crippen LogP contribution < -0.4 is 11.1 Å². The van der Waals surface area contributed by atoms with Crippen molar-refractivity contribution in [2.75, 3.05) is 26.2 Å². The van der Waals surface area contributed by atoms with Crippen molar-refractivity contribution < 1.29 is 9.59 Å². The SMILES string of the molecule is NCc1nc(C(=O)N2CCC(N3CCNC3=O)CC2)cs1. The van der Waals surface area contributed by atoms with Gasteiger partial charge in [-0.15, -0.1) is 11.3 Å². The number of likely N-dealkylation sites (tertiary alicyclic amines) is 1. The van der Waals surface area contributed by atoms with Gasteiger partial charge in [0.2, 0.25) is 0 Å². The lowest BCUT2D eigenvalue weighted by atomic mass is 10.0. The van der Waals surface area contributed by atoms with Crippen LogP contribution in [0.5, 0.6) is 0 Å². The van der Waals surface area contributed by atoms with Gasteiger partial charge in [0, 0.05) is 44.1 Å². The molecule has 3 rings (SSSR count). The fourth-order valence-electron chi connectivity index (χ4n) is 2.88. The third-order valence-electron chi connectivity index (χ3n) is 4.03. The number of urea groups is 1. The number of piperidine rings is 1. The van der Waals surface area contributed by atoms with Crippen molar-refractivity contribution in [3.8, 4) is 0 Å². The minimum atomic E-state index is -0.0322. The van der Waals surface area contributed by atoms with Crippen LogP contribution in [0.15, 0.2) is 5.38 Å². The number of nitrogens with zero attached hydrogens (tertiary/aromatic N) is 3. The van der Waals surface area contributed by atoms with E-state index < -0.39 is 0 Å². The summed E-state index contributed by atoms with van der Waals surface area (Å²) in [5.74, 6) is -0.0322. The molecule has 0 saturated carbocycles. The highest BCUT2D eigenvalue weighted by Gasteiger charge is 2.32. The summed E-state index contributed by atoms with van der Waals surface area (Å²) in [7, 11) is 0. The van der Waals surface area contributed by atoms with Gasteiger partial charge in [-0.1, -0.05) is 0 Å². The summed E-state index contributed by atoms with van der Waals surface area (Å²) in [6, 6.07) is 0.262. The zero-order valence-corrected chi connectivity index (χ0v) is 12.6. The third kappa shape index (κ3) is 2.86. The quantitative estimate of drug-likeness (QED) is 0.836. The minimum absolute atomic E-state index is 0.0202. The molecule has 2 aliphatic heterocycles. The molecule has 1 aromatic heterocycles. The van der Waals surface area contributed by atoms with Gasteiger partial charge < -0.3 is 20.9 Å². The molecular formula is C13H19N5O2S. The molecule has 2 saturated heterocycles. The zero-order valence-electron chi connectivity index (χ0n) is 11.7. The van der Waals surface area contributed by atoms with Crippen molar-refractivity contribution in [1.29, 1.82) is 0 Å². The number of hydrogen-bond acceptors (Lipinski definition) is 5. The average molecular weight is 309 g/mol. The Bertz CT molecular complexity index is 538. The Kier molecular flexibility index (Phi) is 4.07. The number of amides is 3. The summed E-state index contributed by atoms with van der Waals surface area (Å²) in [5, 5.41) is 5.37. The molecule has 8 heteroatoms. The number of aromatic nitrogens is 1. The Morgan fingerprint density at radius 2 is 2.19 bits per heavy atom. The van der Waals surface area contributed by atoms with Crippen LogP contribution in [0.25, 0.3) is 0 Å². The number of nitrogens with two attached hydrogens (primary N) is 1. The molecule has 0 atom stereocenters. The molecule has 3 heterocycles. The van der Waals surface area contributed by atoms with E-state index in [0.717, 1.165) is 30.9 Å². The first-order valence-electron chi connectivity index (χ1n) is 7.17. The Labute approximate surface area is 127 Å². The second-order valence-corrected chi connectivity index (χ2v) is 6.22. The molecule has 0 unspecified atom stereocenters. The van der Waals surface area contributed by atoms with E-state index in [9.17, 15) is 9.59 Å². The van der Waals surface area contributed by atoms with E-state index in [1.54, 1.807) is 5.38 Å². The van der Waals surface area contributed by atoms with Gasteiger partial charge in [-0.05, 0) is 12.8 Å². The van der Waals surface area contributed by atoms with Crippen LogP contribution >= 0.6 is 11.3 Å². The molecule has 21 heavy (non-hydrogen) atoms. The van der Waals surface area contributed by atoms with Crippen LogP contribution in [-0.4, -0.2) is 58.9 Å². The number of carbonyl (C=O) groups excluding carboxylic acids is 2. The van der Waals surface area contributed by atoms with Crippen LogP contribution in [0.3, 0.4) is 0 Å². The first-order valence-corrected chi connectivity index (χ1v) is 8.05. The minimum Gasteiger partial charge on any atom is -0.337 e. The average Bonchev–Trinajstić information content (AvgIpc) is 3.15. The highest BCUT2D eigenvalue weighted by molar-refractivity contribution is 7.09. The Morgan fingerprint density at radius 1 is 1.43 bits per heavy atom. The van der Waals surface area contributed by atoms with E-state index in [-0.39, 0.29) is 18.0 Å². The zero-order chi connectivity index (χ0) is 14.8. The molecule has 3 N–H and O–H groups in total. The van der Waals surface area contributed by atoms with Gasteiger partial charge >= 0.3 is 6.03 Å². The molecule has 0 aromatic carbocycles. The predicted molar refractivity (Wildman–Crippen MR) is 79.0 cm³/mol. The van der Waals surface area contributed by atoms with Crippen molar-refractivity contribution in [2.45, 2.75) is 25.4 Å². The van der Waals surface area contributed by atoms with Crippen LogP contribution in [0.2, 0.25) is 0 Å². The van der Waals surface area contributed by atoms with E-state index in [0.29, 0.717) is 25.3 Å². The first kappa shape index (κ1) is 14.3. The molecule has 0 aliphatic carbocycles. The Morgan fingerprint density at radius 3 is 2.76 bits per heavy atom. The molecule has 0 spiro atoms. The molecule has 2 aliphatic rings. The van der Waals surface area contributed by atoms with E-state index in [1.807, 2.05) is 9.80 Å². The van der Waals surface area contributed by atoms with Crippen LogP contribution in [0.4, 0.5) is 4.79 Å². The molecule has 0 radical (unpaired) electrons. The summed E-state index contributed by atoms with van der Waals surface area (Å²) in [4.78, 5) is 32.0. The lowest BCUT2D eigenvalue weighted by Gasteiger charge is -2.35. The summed E-state index contributed by atoms with van der Waals surface area (Å²) >= 11 is 1.42. The number of thiazole rings is 1. The number of carbonyl (C=O) groups is 2. The second kappa shape index (κ2) is 5.98. The summed E-state index contributed by atoms with van der Waals surface area (Å²) in [6.45, 7) is 3.19. The van der Waals surface area contributed by atoms with E-state index in [1.165, 1.54) is 11.3 Å². The number of rotatable bonds is 3. The Hall–Kier alpha value is -1.67. The van der Waals surface area contributed by atoms with Gasteiger partial charge in [-0.25, -0.2) is 9.78 Å². The normalized spacial score (nSPS) is 20.0. The maximum Gasteiger partial charge on any atom is 0.317 e. The van der Waals surface area contributed by atoms with Crippen molar-refractivity contribution in [2.24, 2.45) is 5.73 Å². The van der Waals surface area contributed by atoms with Crippen molar-refractivity contribution in [1.82, 2.24) is 20.1 Å². The van der Waals surface area contributed by atoms with Gasteiger partial charge in [0.1, 0.15) is 10.7 Å². The summed E-state index contributed by atoms with van der Waals surface area (Å²) in [6.07, 6.45) is 1.65. The van der Waals surface area contributed by atoms with E-state index in [2.05, 4.69) is 10.3 Å². The number of nitrogens with one attached hydrogen (secondary N) is 1. The predicted octanol–water partition coefficient (Wildman–Crippen LogP) is 0.232. The fraction of sp³-hybridized carbons (Fsp3) is 0.615. The smallest absolute Gasteiger partial charge is 0.317 e. The van der Waals surface area contributed by atoms with Crippen LogP contribution in [0.1, 0.15) is 28.3 Å². The highest BCUT2D eigenvalue weighted by Crippen LogP contribution is 2.20. The van der Waals surface area contributed by atoms with Gasteiger partial charge in [0.15, 0.2) is 0 Å². The topological polar surface area (TPSA) is 91.6 Å². The third-order valence-corrected chi connectivity index (χ3v) is 4.90. The van der Waals surface area contributed by atoms with Gasteiger partial charge in [0.25, 0.3) is 5.91 Å². The Balaban J connectivity index is 1.57. The number of hydrogen-bond donors (Lipinski definition) is 2. The van der Waals surface area contributed by atoms with Crippen molar-refractivity contribution in [3.63, 3.8) is 0 Å². The molecule has 2 fully saturated rings. The van der Waals surface area contributed by atoms with Gasteiger partial charge in [-0.3, -0.25) is 4.79 Å². The van der Waals surface area contributed by atoms with Gasteiger partial charge in [-0.2, -0.15) is 0 Å². The van der Waals surface area contributed by atoms with Crippen molar-refractivity contribution >= 4 is 23.3 Å². The lowest BCUT2D eigenvalue weighted by molar-refractivity contribution is 0.0661. The largest absolute Gasteiger partial charge is 0.337 e.